The molecular formula is C24H36N3O+. The fraction of sp³-hybridized carbons (Fsp3) is 0.625. The summed E-state index contributed by atoms with van der Waals surface area (Å²) in [5, 5.41) is 0. The molecule has 28 heavy (non-hydrogen) atoms. The van der Waals surface area contributed by atoms with Gasteiger partial charge in [0.2, 0.25) is 0 Å². The molecule has 4 heteroatoms. The van der Waals surface area contributed by atoms with Crippen LogP contribution in [0.2, 0.25) is 0 Å². The van der Waals surface area contributed by atoms with Crippen molar-refractivity contribution in [1.82, 2.24) is 0 Å². The molecule has 0 bridgehead atoms. The third-order valence-electron chi connectivity index (χ3n) is 7.17. The summed E-state index contributed by atoms with van der Waals surface area (Å²) < 4.78 is 5.56. The summed E-state index contributed by atoms with van der Waals surface area (Å²) in [4.78, 5) is 9.10. The molecule has 1 fully saturated rings. The number of hydrogen-bond donors (Lipinski definition) is 1. The van der Waals surface area contributed by atoms with Gasteiger partial charge in [0.1, 0.15) is 18.8 Å². The molecule has 1 saturated heterocycles. The van der Waals surface area contributed by atoms with Crippen molar-refractivity contribution in [2.24, 2.45) is 10.4 Å². The van der Waals surface area contributed by atoms with Gasteiger partial charge in [0.05, 0.1) is 18.9 Å². The van der Waals surface area contributed by atoms with Gasteiger partial charge in [-0.1, -0.05) is 33.8 Å². The van der Waals surface area contributed by atoms with Gasteiger partial charge in [-0.3, -0.25) is 4.99 Å². The second-order valence-corrected chi connectivity index (χ2v) is 10.2. The van der Waals surface area contributed by atoms with Gasteiger partial charge in [0.15, 0.2) is 0 Å². The highest BCUT2D eigenvalue weighted by Gasteiger charge is 2.40. The molecular weight excluding hydrogens is 346 g/mol. The Bertz CT molecular complexity index is 815. The van der Waals surface area contributed by atoms with Crippen LogP contribution in [0.5, 0.6) is 0 Å². The highest BCUT2D eigenvalue weighted by molar-refractivity contribution is 5.98. The van der Waals surface area contributed by atoms with E-state index in [4.69, 9.17) is 9.73 Å². The van der Waals surface area contributed by atoms with Gasteiger partial charge in [0.25, 0.3) is 0 Å². The molecule has 1 N–H and O–H groups in total. The maximum absolute atomic E-state index is 5.56. The number of nitrogens with zero attached hydrogens (tertiary/aromatic N) is 2. The van der Waals surface area contributed by atoms with Crippen molar-refractivity contribution in [3.63, 3.8) is 0 Å². The lowest BCUT2D eigenvalue weighted by molar-refractivity contribution is -0.871. The molecule has 0 amide bonds. The highest BCUT2D eigenvalue weighted by atomic mass is 16.5. The molecule has 1 aromatic carbocycles. The predicted octanol–water partition coefficient (Wildman–Crippen LogP) is 3.49. The first-order chi connectivity index (χ1) is 13.2. The quantitative estimate of drug-likeness (QED) is 0.848. The first-order valence-electron chi connectivity index (χ1n) is 10.8. The van der Waals surface area contributed by atoms with Crippen molar-refractivity contribution in [3.05, 3.63) is 35.5 Å². The van der Waals surface area contributed by atoms with Gasteiger partial charge in [-0.15, -0.1) is 0 Å². The second-order valence-electron chi connectivity index (χ2n) is 10.2. The first-order valence-corrected chi connectivity index (χ1v) is 10.8. The minimum absolute atomic E-state index is 0.176. The fourth-order valence-electron chi connectivity index (χ4n) is 5.12. The van der Waals surface area contributed by atoms with Crippen molar-refractivity contribution in [2.45, 2.75) is 58.9 Å². The molecule has 0 radical (unpaired) electrons. The van der Waals surface area contributed by atoms with Crippen molar-refractivity contribution in [1.29, 1.82) is 0 Å². The molecule has 4 nitrogen and oxygen atoms in total. The SMILES string of the molecule is C[C@@H]1N(C)c2cc(N=C3C=C([NH+]4CCOCC4)CC(C)(C)C3)ccc2C1(C)C. The van der Waals surface area contributed by atoms with Gasteiger partial charge in [0, 0.05) is 42.4 Å². The number of aliphatic imine (C=N–C) groups is 1. The Morgan fingerprint density at radius 3 is 2.54 bits per heavy atom. The molecule has 0 unspecified atom stereocenters. The van der Waals surface area contributed by atoms with E-state index in [1.54, 1.807) is 4.90 Å². The molecule has 3 aliphatic rings. The number of hydrogen-bond acceptors (Lipinski definition) is 3. The summed E-state index contributed by atoms with van der Waals surface area (Å²) >= 11 is 0. The van der Waals surface area contributed by atoms with E-state index in [0.29, 0.717) is 6.04 Å². The number of quaternary nitrogens is 1. The van der Waals surface area contributed by atoms with E-state index in [-0.39, 0.29) is 10.8 Å². The normalized spacial score (nSPS) is 28.4. The molecule has 2 heterocycles. The molecule has 4 rings (SSSR count). The van der Waals surface area contributed by atoms with E-state index in [9.17, 15) is 0 Å². The molecule has 1 aromatic rings. The Balaban J connectivity index is 1.66. The van der Waals surface area contributed by atoms with E-state index in [1.165, 1.54) is 22.7 Å². The molecule has 152 valence electrons. The van der Waals surface area contributed by atoms with Crippen molar-refractivity contribution in [2.75, 3.05) is 38.3 Å². The molecule has 0 saturated carbocycles. The number of allylic oxidation sites excluding steroid dienone is 2. The fourth-order valence-corrected chi connectivity index (χ4v) is 5.12. The summed E-state index contributed by atoms with van der Waals surface area (Å²) in [6.07, 6.45) is 4.56. The van der Waals surface area contributed by atoms with Crippen LogP contribution in [0.1, 0.15) is 53.0 Å². The van der Waals surface area contributed by atoms with Crippen LogP contribution in [-0.4, -0.2) is 45.1 Å². The van der Waals surface area contributed by atoms with Gasteiger partial charge in [-0.25, -0.2) is 0 Å². The smallest absolute Gasteiger partial charge is 0.110 e. The van der Waals surface area contributed by atoms with Gasteiger partial charge in [-0.2, -0.15) is 0 Å². The van der Waals surface area contributed by atoms with Crippen molar-refractivity contribution >= 4 is 17.1 Å². The Morgan fingerprint density at radius 2 is 1.82 bits per heavy atom. The van der Waals surface area contributed by atoms with E-state index >= 15 is 0 Å². The van der Waals surface area contributed by atoms with Gasteiger partial charge < -0.3 is 14.5 Å². The maximum Gasteiger partial charge on any atom is 0.110 e. The van der Waals surface area contributed by atoms with E-state index in [2.05, 4.69) is 70.8 Å². The molecule has 0 aromatic heterocycles. The second kappa shape index (κ2) is 7.00. The highest BCUT2D eigenvalue weighted by Crippen LogP contribution is 2.45. The molecule has 1 atom stereocenters. The largest absolute Gasteiger partial charge is 0.371 e. The number of anilines is 1. The zero-order valence-corrected chi connectivity index (χ0v) is 18.4. The van der Waals surface area contributed by atoms with Crippen LogP contribution >= 0.6 is 0 Å². The minimum atomic E-state index is 0.176. The number of benzene rings is 1. The van der Waals surface area contributed by atoms with Gasteiger partial charge >= 0.3 is 0 Å². The third-order valence-corrected chi connectivity index (χ3v) is 7.17. The zero-order valence-electron chi connectivity index (χ0n) is 18.4. The lowest BCUT2D eigenvalue weighted by Gasteiger charge is -2.34. The van der Waals surface area contributed by atoms with Crippen molar-refractivity contribution < 1.29 is 9.64 Å². The third kappa shape index (κ3) is 3.53. The number of ether oxygens (including phenoxy) is 1. The molecule has 0 spiro atoms. The zero-order chi connectivity index (χ0) is 20.1. The summed E-state index contributed by atoms with van der Waals surface area (Å²) in [6.45, 7) is 15.6. The van der Waals surface area contributed by atoms with E-state index in [1.807, 2.05) is 0 Å². The summed E-state index contributed by atoms with van der Waals surface area (Å²) in [5.41, 5.74) is 7.01. The monoisotopic (exact) mass is 382 g/mol. The summed E-state index contributed by atoms with van der Waals surface area (Å²) in [6, 6.07) is 7.27. The Labute approximate surface area is 170 Å². The minimum Gasteiger partial charge on any atom is -0.371 e. The Hall–Kier alpha value is -1.65. The average molecular weight is 383 g/mol. The predicted molar refractivity (Wildman–Crippen MR) is 117 cm³/mol. The lowest BCUT2D eigenvalue weighted by Crippen LogP contribution is -3.12. The topological polar surface area (TPSA) is 29.3 Å². The summed E-state index contributed by atoms with van der Waals surface area (Å²) in [7, 11) is 2.21. The number of fused-ring (bicyclic) bond motifs is 1. The Morgan fingerprint density at radius 1 is 1.11 bits per heavy atom. The van der Waals surface area contributed by atoms with Crippen LogP contribution < -0.4 is 9.80 Å². The van der Waals surface area contributed by atoms with E-state index in [0.717, 1.165) is 44.8 Å². The van der Waals surface area contributed by atoms with Crippen LogP contribution in [0, 0.1) is 5.41 Å². The average Bonchev–Trinajstić information content (AvgIpc) is 2.81. The van der Waals surface area contributed by atoms with E-state index < -0.39 is 0 Å². The first kappa shape index (κ1) is 19.7. The number of likely N-dealkylation sites (N-methyl/N-ethyl adjacent to an activating group) is 1. The van der Waals surface area contributed by atoms with Crippen LogP contribution in [0.4, 0.5) is 11.4 Å². The van der Waals surface area contributed by atoms with Gasteiger partial charge in [-0.05, 0) is 36.5 Å². The van der Waals surface area contributed by atoms with Crippen LogP contribution in [-0.2, 0) is 10.2 Å². The maximum atomic E-state index is 5.56. The van der Waals surface area contributed by atoms with Crippen LogP contribution in [0.25, 0.3) is 0 Å². The number of rotatable bonds is 2. The molecule has 1 aliphatic carbocycles. The Kier molecular flexibility index (Phi) is 4.91. The lowest BCUT2D eigenvalue weighted by atomic mass is 9.78. The van der Waals surface area contributed by atoms with Crippen LogP contribution in [0.15, 0.2) is 35.0 Å². The standard InChI is InChI=1S/C24H35N3O/c1-17-24(4,5)21-8-7-18(14-22(21)26(17)6)25-19-13-20(16-23(2,3)15-19)27-9-11-28-12-10-27/h7-8,13-14,17H,9-12,15-16H2,1-6H3/p+1/t17-/m0/s1. The number of nitrogens with one attached hydrogen (secondary N) is 1. The number of morpholine rings is 1. The summed E-state index contributed by atoms with van der Waals surface area (Å²) in [5.74, 6) is 0. The molecule has 2 aliphatic heterocycles. The van der Waals surface area contributed by atoms with Crippen molar-refractivity contribution in [3.8, 4) is 0 Å². The van der Waals surface area contributed by atoms with Crippen LogP contribution in [0.3, 0.4) is 0 Å².